The minimum atomic E-state index is -0.698. The second-order valence-electron chi connectivity index (χ2n) is 4.94. The molecule has 0 aliphatic rings. The van der Waals surface area contributed by atoms with Crippen LogP contribution in [-0.4, -0.2) is 30.5 Å². The van der Waals surface area contributed by atoms with Gasteiger partial charge in [-0.2, -0.15) is 0 Å². The third-order valence-corrected chi connectivity index (χ3v) is 3.51. The van der Waals surface area contributed by atoms with Crippen LogP contribution in [0.15, 0.2) is 30.3 Å². The number of aliphatic hydroxyl groups is 1. The van der Waals surface area contributed by atoms with Crippen molar-refractivity contribution in [2.75, 3.05) is 26.2 Å². The zero-order valence-electron chi connectivity index (χ0n) is 12.9. The lowest BCUT2D eigenvalue weighted by Gasteiger charge is -2.19. The minimum absolute atomic E-state index is 0.375. The highest BCUT2D eigenvalue weighted by molar-refractivity contribution is 5.42. The number of methoxy groups -OCH3 is 2. The Kier molecular flexibility index (Phi) is 4.75. The Balaban J connectivity index is 2.14. The Labute approximate surface area is 125 Å². The van der Waals surface area contributed by atoms with Gasteiger partial charge in [0.05, 0.1) is 20.8 Å². The molecule has 1 heterocycles. The molecule has 0 amide bonds. The zero-order valence-corrected chi connectivity index (χ0v) is 12.9. The van der Waals surface area contributed by atoms with Gasteiger partial charge in [-0.05, 0) is 44.2 Å². The average Bonchev–Trinajstić information content (AvgIpc) is 2.82. The van der Waals surface area contributed by atoms with Crippen LogP contribution >= 0.6 is 0 Å². The van der Waals surface area contributed by atoms with Gasteiger partial charge in [0.1, 0.15) is 17.6 Å². The molecule has 5 nitrogen and oxygen atoms in total. The SMILES string of the molecule is COc1ccc(OC)c(C(O)CNn2c(C)ccc2C)c1. The molecule has 0 fully saturated rings. The molecule has 0 aliphatic carbocycles. The van der Waals surface area contributed by atoms with Crippen molar-refractivity contribution < 1.29 is 14.6 Å². The molecule has 0 spiro atoms. The van der Waals surface area contributed by atoms with Crippen LogP contribution in [0.4, 0.5) is 0 Å². The summed E-state index contributed by atoms with van der Waals surface area (Å²) < 4.78 is 12.5. The summed E-state index contributed by atoms with van der Waals surface area (Å²) in [5.41, 5.74) is 6.11. The maximum absolute atomic E-state index is 10.4. The maximum Gasteiger partial charge on any atom is 0.125 e. The van der Waals surface area contributed by atoms with Crippen molar-refractivity contribution in [1.29, 1.82) is 0 Å². The number of aliphatic hydroxyl groups excluding tert-OH is 1. The molecule has 1 aromatic carbocycles. The number of nitrogens with zero attached hydrogens (tertiary/aromatic N) is 1. The van der Waals surface area contributed by atoms with E-state index < -0.39 is 6.10 Å². The van der Waals surface area contributed by atoms with Gasteiger partial charge >= 0.3 is 0 Å². The Morgan fingerprint density at radius 3 is 2.33 bits per heavy atom. The summed E-state index contributed by atoms with van der Waals surface area (Å²) >= 11 is 0. The number of nitrogens with one attached hydrogen (secondary N) is 1. The number of aryl methyl sites for hydroxylation is 2. The lowest BCUT2D eigenvalue weighted by molar-refractivity contribution is 0.183. The van der Waals surface area contributed by atoms with E-state index in [2.05, 4.69) is 5.43 Å². The van der Waals surface area contributed by atoms with E-state index in [4.69, 9.17) is 9.47 Å². The van der Waals surface area contributed by atoms with Gasteiger partial charge in [-0.1, -0.05) is 0 Å². The second kappa shape index (κ2) is 6.54. The predicted octanol–water partition coefficient (Wildman–Crippen LogP) is 2.40. The first kappa shape index (κ1) is 15.3. The first-order valence-electron chi connectivity index (χ1n) is 6.85. The van der Waals surface area contributed by atoms with E-state index in [1.807, 2.05) is 36.7 Å². The summed E-state index contributed by atoms with van der Waals surface area (Å²) in [7, 11) is 3.19. The van der Waals surface area contributed by atoms with Crippen molar-refractivity contribution in [3.05, 3.63) is 47.3 Å². The predicted molar refractivity (Wildman–Crippen MR) is 82.6 cm³/mol. The Morgan fingerprint density at radius 2 is 1.76 bits per heavy atom. The quantitative estimate of drug-likeness (QED) is 0.858. The molecule has 1 unspecified atom stereocenters. The van der Waals surface area contributed by atoms with E-state index >= 15 is 0 Å². The summed E-state index contributed by atoms with van der Waals surface area (Å²) in [6.45, 7) is 4.40. The molecule has 0 saturated heterocycles. The fourth-order valence-electron chi connectivity index (χ4n) is 2.31. The smallest absolute Gasteiger partial charge is 0.125 e. The highest BCUT2D eigenvalue weighted by Gasteiger charge is 2.15. The number of hydrogen-bond donors (Lipinski definition) is 2. The van der Waals surface area contributed by atoms with Crippen molar-refractivity contribution in [1.82, 2.24) is 4.68 Å². The van der Waals surface area contributed by atoms with Gasteiger partial charge in [-0.3, -0.25) is 4.68 Å². The van der Waals surface area contributed by atoms with Crippen LogP contribution in [0.3, 0.4) is 0 Å². The van der Waals surface area contributed by atoms with E-state index in [1.54, 1.807) is 26.4 Å². The van der Waals surface area contributed by atoms with Gasteiger partial charge in [0, 0.05) is 17.0 Å². The van der Waals surface area contributed by atoms with Gasteiger partial charge in [0.25, 0.3) is 0 Å². The van der Waals surface area contributed by atoms with Gasteiger partial charge in [-0.25, -0.2) is 0 Å². The summed E-state index contributed by atoms with van der Waals surface area (Å²) in [5, 5.41) is 10.4. The standard InChI is InChI=1S/C16H22N2O3/c1-11-5-6-12(2)18(11)17-10-15(19)14-9-13(20-3)7-8-16(14)21-4/h5-9,15,17,19H,10H2,1-4H3. The van der Waals surface area contributed by atoms with Crippen LogP contribution in [0.2, 0.25) is 0 Å². The van der Waals surface area contributed by atoms with Crippen molar-refractivity contribution in [2.24, 2.45) is 0 Å². The van der Waals surface area contributed by atoms with E-state index in [1.165, 1.54) is 0 Å². The number of benzene rings is 1. The zero-order chi connectivity index (χ0) is 15.4. The van der Waals surface area contributed by atoms with Crippen molar-refractivity contribution in [3.63, 3.8) is 0 Å². The molecule has 2 N–H and O–H groups in total. The van der Waals surface area contributed by atoms with Crippen LogP contribution in [0.1, 0.15) is 23.1 Å². The van der Waals surface area contributed by atoms with Crippen LogP contribution in [0, 0.1) is 13.8 Å². The molecule has 2 aromatic rings. The second-order valence-corrected chi connectivity index (χ2v) is 4.94. The summed E-state index contributed by atoms with van der Waals surface area (Å²) in [5.74, 6) is 1.34. The highest BCUT2D eigenvalue weighted by atomic mass is 16.5. The number of aromatic nitrogens is 1. The van der Waals surface area contributed by atoms with Crippen LogP contribution < -0.4 is 14.9 Å². The number of ether oxygens (including phenoxy) is 2. The average molecular weight is 290 g/mol. The fraction of sp³-hybridized carbons (Fsp3) is 0.375. The van der Waals surface area contributed by atoms with E-state index in [-0.39, 0.29) is 0 Å². The molecular formula is C16H22N2O3. The third-order valence-electron chi connectivity index (χ3n) is 3.51. The molecule has 0 radical (unpaired) electrons. The van der Waals surface area contributed by atoms with Gasteiger partial charge in [-0.15, -0.1) is 0 Å². The van der Waals surface area contributed by atoms with Gasteiger partial charge in [0.2, 0.25) is 0 Å². The number of rotatable bonds is 6. The lowest BCUT2D eigenvalue weighted by Crippen LogP contribution is -2.23. The molecule has 1 aromatic heterocycles. The van der Waals surface area contributed by atoms with Crippen molar-refractivity contribution in [3.8, 4) is 11.5 Å². The molecule has 5 heteroatoms. The summed E-state index contributed by atoms with van der Waals surface area (Å²) in [6.07, 6.45) is -0.698. The van der Waals surface area contributed by atoms with Gasteiger partial charge in [0.15, 0.2) is 0 Å². The van der Waals surface area contributed by atoms with Crippen LogP contribution in [-0.2, 0) is 0 Å². The van der Waals surface area contributed by atoms with Crippen molar-refractivity contribution in [2.45, 2.75) is 20.0 Å². The molecule has 0 saturated carbocycles. The molecule has 1 atom stereocenters. The molecular weight excluding hydrogens is 268 g/mol. The van der Waals surface area contributed by atoms with Crippen LogP contribution in [0.5, 0.6) is 11.5 Å². The van der Waals surface area contributed by atoms with E-state index in [0.717, 1.165) is 11.4 Å². The minimum Gasteiger partial charge on any atom is -0.497 e. The Morgan fingerprint density at radius 1 is 1.10 bits per heavy atom. The van der Waals surface area contributed by atoms with Crippen molar-refractivity contribution >= 4 is 0 Å². The van der Waals surface area contributed by atoms with Crippen LogP contribution in [0.25, 0.3) is 0 Å². The summed E-state index contributed by atoms with van der Waals surface area (Å²) in [6, 6.07) is 9.45. The largest absolute Gasteiger partial charge is 0.497 e. The highest BCUT2D eigenvalue weighted by Crippen LogP contribution is 2.29. The molecule has 0 bridgehead atoms. The van der Waals surface area contributed by atoms with E-state index in [9.17, 15) is 5.11 Å². The monoisotopic (exact) mass is 290 g/mol. The Hall–Kier alpha value is -2.14. The topological polar surface area (TPSA) is 55.6 Å². The first-order chi connectivity index (χ1) is 10.1. The molecule has 114 valence electrons. The summed E-state index contributed by atoms with van der Waals surface area (Å²) in [4.78, 5) is 0. The normalized spacial score (nSPS) is 12.0. The fourth-order valence-corrected chi connectivity index (χ4v) is 2.31. The Bertz CT molecular complexity index is 588. The molecule has 21 heavy (non-hydrogen) atoms. The molecule has 2 rings (SSSR count). The maximum atomic E-state index is 10.4. The van der Waals surface area contributed by atoms with Gasteiger partial charge < -0.3 is 20.0 Å². The first-order valence-corrected chi connectivity index (χ1v) is 6.85. The third kappa shape index (κ3) is 3.31. The molecule has 0 aliphatic heterocycles. The van der Waals surface area contributed by atoms with E-state index in [0.29, 0.717) is 23.6 Å². The number of hydrogen-bond acceptors (Lipinski definition) is 4. The lowest BCUT2D eigenvalue weighted by atomic mass is 10.1.